The van der Waals surface area contributed by atoms with Crippen molar-refractivity contribution in [1.29, 1.82) is 0 Å². The van der Waals surface area contributed by atoms with Crippen LogP contribution in [0.2, 0.25) is 0 Å². The van der Waals surface area contributed by atoms with Crippen molar-refractivity contribution in [3.8, 4) is 0 Å². The lowest BCUT2D eigenvalue weighted by Crippen LogP contribution is -2.61. The maximum Gasteiger partial charge on any atom is 0.305 e. The van der Waals surface area contributed by atoms with E-state index in [1.165, 1.54) is 7.11 Å². The van der Waals surface area contributed by atoms with Crippen molar-refractivity contribution in [3.63, 3.8) is 0 Å². The lowest BCUT2D eigenvalue weighted by Gasteiger charge is -2.61. The van der Waals surface area contributed by atoms with Gasteiger partial charge in [0.05, 0.1) is 7.11 Å². The fourth-order valence-corrected chi connectivity index (χ4v) is 9.09. The van der Waals surface area contributed by atoms with E-state index in [1.807, 2.05) is 13.8 Å². The number of esters is 1. The first-order chi connectivity index (χ1) is 16.1. The normalized spacial score (nSPS) is 44.2. The Morgan fingerprint density at radius 2 is 1.74 bits per heavy atom. The summed E-state index contributed by atoms with van der Waals surface area (Å²) in [6.07, 6.45) is 5.34. The zero-order valence-electron chi connectivity index (χ0n) is 22.5. The number of rotatable bonds is 5. The minimum absolute atomic E-state index is 0.00119. The number of ketones is 2. The van der Waals surface area contributed by atoms with Gasteiger partial charge in [-0.3, -0.25) is 14.4 Å². The average molecular weight is 479 g/mol. The van der Waals surface area contributed by atoms with Gasteiger partial charge in [-0.2, -0.15) is 0 Å². The van der Waals surface area contributed by atoms with Crippen LogP contribution in [-0.4, -0.2) is 30.8 Å². The standard InChI is InChI=1S/C27H41FO4.C2H6/c1-6-16-20-13-22(29)21(28)14-27(20,4)19-11-12-26(3)17(15(2)7-10-23(30)32-5)8-9-18(26)24(19)25(16)31;1-2/h15-21,24H,6-14H2,1-5H3;1-2H3/t15-,16-,17-,18?,19?,20+,21-,24?,26-,27-;/m1./s1. The van der Waals surface area contributed by atoms with Crippen molar-refractivity contribution in [3.05, 3.63) is 0 Å². The lowest BCUT2D eigenvalue weighted by atomic mass is 9.41. The van der Waals surface area contributed by atoms with Crippen LogP contribution in [0.1, 0.15) is 99.3 Å². The molecule has 0 radical (unpaired) electrons. The minimum Gasteiger partial charge on any atom is -0.469 e. The van der Waals surface area contributed by atoms with Crippen molar-refractivity contribution in [1.82, 2.24) is 0 Å². The molecular weight excluding hydrogens is 431 g/mol. The predicted molar refractivity (Wildman–Crippen MR) is 132 cm³/mol. The summed E-state index contributed by atoms with van der Waals surface area (Å²) in [6.45, 7) is 12.9. The first kappa shape index (κ1) is 27.3. The van der Waals surface area contributed by atoms with E-state index in [9.17, 15) is 18.8 Å². The molecule has 4 saturated carbocycles. The number of methoxy groups -OCH3 is 1. The molecule has 0 spiro atoms. The van der Waals surface area contributed by atoms with E-state index in [2.05, 4.69) is 27.7 Å². The van der Waals surface area contributed by atoms with E-state index in [4.69, 9.17) is 4.74 Å². The molecule has 5 heteroatoms. The van der Waals surface area contributed by atoms with E-state index in [0.717, 1.165) is 38.5 Å². The second-order valence-electron chi connectivity index (χ2n) is 11.9. The van der Waals surface area contributed by atoms with Crippen molar-refractivity contribution < 1.29 is 23.5 Å². The molecule has 3 unspecified atom stereocenters. The van der Waals surface area contributed by atoms with Crippen molar-refractivity contribution in [2.75, 3.05) is 7.11 Å². The summed E-state index contributed by atoms with van der Waals surface area (Å²) in [5.41, 5.74) is -0.171. The molecule has 10 atom stereocenters. The SMILES string of the molecule is CC.CC[C@H]1C(=O)C2C3CC[C@H]([C@H](C)CCC(=O)OC)[C@@]3(C)CCC2[C@@]2(C)C[C@@H](F)C(=O)C[C@@H]12. The highest BCUT2D eigenvalue weighted by Crippen LogP contribution is 2.68. The number of ether oxygens (including phenoxy) is 1. The zero-order valence-corrected chi connectivity index (χ0v) is 22.5. The van der Waals surface area contributed by atoms with Gasteiger partial charge >= 0.3 is 5.97 Å². The lowest BCUT2D eigenvalue weighted by molar-refractivity contribution is -0.174. The Kier molecular flexibility index (Phi) is 8.35. The van der Waals surface area contributed by atoms with E-state index < -0.39 is 6.17 Å². The Bertz CT molecular complexity index is 780. The van der Waals surface area contributed by atoms with E-state index in [0.29, 0.717) is 36.4 Å². The first-order valence-corrected chi connectivity index (χ1v) is 13.9. The van der Waals surface area contributed by atoms with E-state index in [1.54, 1.807) is 0 Å². The Labute approximate surface area is 206 Å². The fourth-order valence-electron chi connectivity index (χ4n) is 9.09. The fraction of sp³-hybridized carbons (Fsp3) is 0.897. The molecule has 0 heterocycles. The van der Waals surface area contributed by atoms with Crippen molar-refractivity contribution in [2.45, 2.75) is 106 Å². The number of alkyl halides is 1. The molecule has 4 fully saturated rings. The molecule has 0 aliphatic heterocycles. The molecule has 0 amide bonds. The summed E-state index contributed by atoms with van der Waals surface area (Å²) >= 11 is 0. The van der Waals surface area contributed by atoms with Crippen LogP contribution >= 0.6 is 0 Å². The maximum absolute atomic E-state index is 14.7. The highest BCUT2D eigenvalue weighted by molar-refractivity contribution is 5.89. The van der Waals surface area contributed by atoms with Gasteiger partial charge in [-0.15, -0.1) is 0 Å². The molecule has 4 nitrogen and oxygen atoms in total. The molecule has 4 rings (SSSR count). The molecule has 0 N–H and O–H groups in total. The van der Waals surface area contributed by atoms with Crippen LogP contribution in [0.5, 0.6) is 0 Å². The predicted octanol–water partition coefficient (Wildman–Crippen LogP) is 6.59. The molecule has 4 aliphatic carbocycles. The summed E-state index contributed by atoms with van der Waals surface area (Å²) in [5.74, 6) is 1.24. The van der Waals surface area contributed by atoms with Crippen LogP contribution < -0.4 is 0 Å². The largest absolute Gasteiger partial charge is 0.469 e. The summed E-state index contributed by atoms with van der Waals surface area (Å²) in [6, 6.07) is 0. The van der Waals surface area contributed by atoms with E-state index in [-0.39, 0.29) is 52.7 Å². The smallest absolute Gasteiger partial charge is 0.305 e. The minimum atomic E-state index is -1.37. The Morgan fingerprint density at radius 1 is 1.09 bits per heavy atom. The molecule has 0 saturated heterocycles. The maximum atomic E-state index is 14.7. The molecule has 0 aromatic rings. The molecular formula is C29H47FO4. The van der Waals surface area contributed by atoms with Gasteiger partial charge < -0.3 is 4.74 Å². The van der Waals surface area contributed by atoms with Crippen LogP contribution in [0, 0.1) is 52.3 Å². The third kappa shape index (κ3) is 4.28. The van der Waals surface area contributed by atoms with E-state index >= 15 is 0 Å². The summed E-state index contributed by atoms with van der Waals surface area (Å²) in [7, 11) is 1.44. The van der Waals surface area contributed by atoms with Crippen LogP contribution in [0.3, 0.4) is 0 Å². The summed E-state index contributed by atoms with van der Waals surface area (Å²) < 4.78 is 19.5. The first-order valence-electron chi connectivity index (χ1n) is 13.9. The number of Topliss-reactive ketones (excluding diaryl/α,β-unsaturated/α-hetero) is 2. The number of hydrogen-bond acceptors (Lipinski definition) is 4. The second-order valence-corrected chi connectivity index (χ2v) is 11.9. The van der Waals surface area contributed by atoms with Gasteiger partial charge in [-0.05, 0) is 85.4 Å². The highest BCUT2D eigenvalue weighted by atomic mass is 19.1. The number of fused-ring (bicyclic) bond motifs is 5. The van der Waals surface area contributed by atoms with Gasteiger partial charge in [0.2, 0.25) is 0 Å². The Balaban J connectivity index is 0.00000158. The average Bonchev–Trinajstić information content (AvgIpc) is 3.18. The molecule has 0 bridgehead atoms. The topological polar surface area (TPSA) is 60.4 Å². The third-order valence-electron chi connectivity index (χ3n) is 10.8. The molecule has 0 aromatic carbocycles. The van der Waals surface area contributed by atoms with Gasteiger partial charge in [0.25, 0.3) is 0 Å². The van der Waals surface area contributed by atoms with Crippen LogP contribution in [-0.2, 0) is 19.1 Å². The van der Waals surface area contributed by atoms with Gasteiger partial charge in [-0.1, -0.05) is 41.5 Å². The van der Waals surface area contributed by atoms with Crippen LogP contribution in [0.4, 0.5) is 4.39 Å². The highest BCUT2D eigenvalue weighted by Gasteiger charge is 2.66. The van der Waals surface area contributed by atoms with Crippen LogP contribution in [0.15, 0.2) is 0 Å². The Hall–Kier alpha value is -1.26. The molecule has 4 aliphatic rings. The van der Waals surface area contributed by atoms with Gasteiger partial charge in [0.15, 0.2) is 12.0 Å². The van der Waals surface area contributed by atoms with Gasteiger partial charge in [0.1, 0.15) is 5.78 Å². The number of hydrogen-bond donors (Lipinski definition) is 0. The molecule has 34 heavy (non-hydrogen) atoms. The third-order valence-corrected chi connectivity index (χ3v) is 10.8. The van der Waals surface area contributed by atoms with Crippen molar-refractivity contribution in [2.24, 2.45) is 52.3 Å². The Morgan fingerprint density at radius 3 is 2.35 bits per heavy atom. The number of carbonyl (C=O) groups excluding carboxylic acids is 3. The zero-order chi connectivity index (χ0) is 25.4. The molecule has 0 aromatic heterocycles. The monoisotopic (exact) mass is 478 g/mol. The quantitative estimate of drug-likeness (QED) is 0.418. The van der Waals surface area contributed by atoms with Gasteiger partial charge in [-0.25, -0.2) is 4.39 Å². The molecule has 194 valence electrons. The number of carbonyl (C=O) groups is 3. The number of halogens is 1. The second kappa shape index (κ2) is 10.4. The van der Waals surface area contributed by atoms with Crippen LogP contribution in [0.25, 0.3) is 0 Å². The summed E-state index contributed by atoms with van der Waals surface area (Å²) in [5, 5.41) is 0. The summed E-state index contributed by atoms with van der Waals surface area (Å²) in [4.78, 5) is 37.9. The van der Waals surface area contributed by atoms with Crippen molar-refractivity contribution >= 4 is 17.5 Å². The van der Waals surface area contributed by atoms with Gasteiger partial charge in [0, 0.05) is 24.7 Å².